The molecule has 0 amide bonds. The summed E-state index contributed by atoms with van der Waals surface area (Å²) in [6, 6.07) is 0. The number of rotatable bonds is 4. The van der Waals surface area contributed by atoms with Crippen LogP contribution in [0, 0.1) is 0 Å². The van der Waals surface area contributed by atoms with E-state index in [2.05, 4.69) is 42.9 Å². The van der Waals surface area contributed by atoms with Gasteiger partial charge < -0.3 is 4.74 Å². The van der Waals surface area contributed by atoms with E-state index in [1.165, 1.54) is 0 Å². The minimum absolute atomic E-state index is 0.0271. The summed E-state index contributed by atoms with van der Waals surface area (Å²) in [6.45, 7) is 7.79. The second kappa shape index (κ2) is 5.59. The van der Waals surface area contributed by atoms with E-state index in [0.29, 0.717) is 24.8 Å². The number of likely N-dealkylation sites (N-methyl/N-ethyl adjacent to an activating group) is 1. The third-order valence-corrected chi connectivity index (χ3v) is 3.42. The third-order valence-electron chi connectivity index (χ3n) is 3.42. The molecule has 10 heteroatoms. The van der Waals surface area contributed by atoms with Crippen molar-refractivity contribution in [3.8, 4) is 11.6 Å². The number of tetrazole rings is 2. The fraction of sp³-hybridized carbons (Fsp3) is 0.800. The monoisotopic (exact) mass is 279 g/mol. The van der Waals surface area contributed by atoms with Crippen LogP contribution in [-0.2, 0) is 11.3 Å². The first kappa shape index (κ1) is 13.1. The van der Waals surface area contributed by atoms with Crippen LogP contribution in [0.5, 0.6) is 0 Å². The molecule has 1 aliphatic rings. The molecule has 3 rings (SSSR count). The lowest BCUT2D eigenvalue weighted by atomic mass is 10.3. The van der Waals surface area contributed by atoms with Crippen molar-refractivity contribution in [1.29, 1.82) is 0 Å². The lowest BCUT2D eigenvalue weighted by molar-refractivity contribution is -0.0402. The van der Waals surface area contributed by atoms with Crippen molar-refractivity contribution in [3.05, 3.63) is 0 Å². The normalized spacial score (nSPS) is 20.4. The van der Waals surface area contributed by atoms with Gasteiger partial charge >= 0.3 is 0 Å². The van der Waals surface area contributed by atoms with Crippen LogP contribution in [0.4, 0.5) is 0 Å². The standard InChI is InChI=1S/C10H17N9O/c1-3-17-5-6-20-7-8(17)19-10(12-14-16-19)9-11-13-15-18(9)4-2/h8H,3-7H2,1-2H3. The molecule has 0 spiro atoms. The minimum Gasteiger partial charge on any atom is -0.376 e. The molecule has 0 saturated carbocycles. The fourth-order valence-electron chi connectivity index (χ4n) is 2.34. The Labute approximate surface area is 115 Å². The molecule has 0 aliphatic carbocycles. The molecule has 1 fully saturated rings. The number of morpholine rings is 1. The quantitative estimate of drug-likeness (QED) is 0.717. The van der Waals surface area contributed by atoms with E-state index in [9.17, 15) is 0 Å². The molecule has 20 heavy (non-hydrogen) atoms. The van der Waals surface area contributed by atoms with Gasteiger partial charge in [-0.1, -0.05) is 6.92 Å². The molecular formula is C10H17N9O. The zero-order chi connectivity index (χ0) is 13.9. The molecule has 0 aromatic carbocycles. The van der Waals surface area contributed by atoms with Crippen molar-refractivity contribution in [3.63, 3.8) is 0 Å². The van der Waals surface area contributed by atoms with Gasteiger partial charge in [-0.3, -0.25) is 4.90 Å². The summed E-state index contributed by atoms with van der Waals surface area (Å²) >= 11 is 0. The van der Waals surface area contributed by atoms with Crippen molar-refractivity contribution in [2.45, 2.75) is 26.6 Å². The Bertz CT molecular complexity index is 565. The highest BCUT2D eigenvalue weighted by Crippen LogP contribution is 2.21. The molecule has 10 nitrogen and oxygen atoms in total. The van der Waals surface area contributed by atoms with Crippen LogP contribution in [0.1, 0.15) is 20.0 Å². The van der Waals surface area contributed by atoms with Crippen molar-refractivity contribution >= 4 is 0 Å². The molecule has 1 aliphatic heterocycles. The van der Waals surface area contributed by atoms with E-state index in [4.69, 9.17) is 4.74 Å². The van der Waals surface area contributed by atoms with E-state index >= 15 is 0 Å². The highest BCUT2D eigenvalue weighted by Gasteiger charge is 2.28. The molecule has 1 atom stereocenters. The van der Waals surface area contributed by atoms with E-state index in [-0.39, 0.29) is 6.17 Å². The van der Waals surface area contributed by atoms with Gasteiger partial charge in [0.15, 0.2) is 0 Å². The number of hydrogen-bond donors (Lipinski definition) is 0. The average Bonchev–Trinajstić information content (AvgIpc) is 3.14. The predicted octanol–water partition coefficient (Wildman–Crippen LogP) is -0.803. The number of nitrogens with zero attached hydrogens (tertiary/aromatic N) is 9. The van der Waals surface area contributed by atoms with Gasteiger partial charge in [0.1, 0.15) is 6.17 Å². The third kappa shape index (κ3) is 2.16. The minimum atomic E-state index is -0.0271. The molecule has 0 N–H and O–H groups in total. The maximum absolute atomic E-state index is 5.55. The van der Waals surface area contributed by atoms with Crippen LogP contribution in [0.25, 0.3) is 11.6 Å². The molecule has 108 valence electrons. The Kier molecular flexibility index (Phi) is 3.65. The maximum atomic E-state index is 5.55. The lowest BCUT2D eigenvalue weighted by Gasteiger charge is -2.34. The highest BCUT2D eigenvalue weighted by atomic mass is 16.5. The Hall–Kier alpha value is -1.94. The zero-order valence-electron chi connectivity index (χ0n) is 11.5. The summed E-state index contributed by atoms with van der Waals surface area (Å²) < 4.78 is 8.96. The van der Waals surface area contributed by atoms with Crippen LogP contribution in [-0.4, -0.2) is 71.6 Å². The van der Waals surface area contributed by atoms with Crippen LogP contribution in [0.2, 0.25) is 0 Å². The summed E-state index contributed by atoms with van der Waals surface area (Å²) in [7, 11) is 0. The van der Waals surface area contributed by atoms with Crippen molar-refractivity contribution in [2.75, 3.05) is 26.3 Å². The van der Waals surface area contributed by atoms with Crippen molar-refractivity contribution in [2.24, 2.45) is 0 Å². The highest BCUT2D eigenvalue weighted by molar-refractivity contribution is 5.41. The fourth-order valence-corrected chi connectivity index (χ4v) is 2.34. The van der Waals surface area contributed by atoms with Crippen molar-refractivity contribution < 1.29 is 4.74 Å². The summed E-state index contributed by atoms with van der Waals surface area (Å²) in [4.78, 5) is 2.27. The first-order valence-corrected chi connectivity index (χ1v) is 6.71. The smallest absolute Gasteiger partial charge is 0.223 e. The van der Waals surface area contributed by atoms with Gasteiger partial charge in [-0.2, -0.15) is 0 Å². The van der Waals surface area contributed by atoms with Gasteiger partial charge in [-0.05, 0) is 34.3 Å². The molecule has 1 unspecified atom stereocenters. The number of aromatic nitrogens is 8. The van der Waals surface area contributed by atoms with Gasteiger partial charge in [0.2, 0.25) is 11.6 Å². The Morgan fingerprint density at radius 2 is 1.90 bits per heavy atom. The average molecular weight is 279 g/mol. The molecular weight excluding hydrogens is 262 g/mol. The molecule has 1 saturated heterocycles. The van der Waals surface area contributed by atoms with E-state index < -0.39 is 0 Å². The number of ether oxygens (including phenoxy) is 1. The zero-order valence-corrected chi connectivity index (χ0v) is 11.5. The summed E-state index contributed by atoms with van der Waals surface area (Å²) in [6.07, 6.45) is -0.0271. The van der Waals surface area contributed by atoms with Crippen molar-refractivity contribution in [1.82, 2.24) is 45.3 Å². The van der Waals surface area contributed by atoms with E-state index in [1.807, 2.05) is 6.92 Å². The molecule has 2 aromatic rings. The Morgan fingerprint density at radius 1 is 1.10 bits per heavy atom. The topological polar surface area (TPSA) is 99.7 Å². The van der Waals surface area contributed by atoms with E-state index in [0.717, 1.165) is 19.7 Å². The second-order valence-corrected chi connectivity index (χ2v) is 4.45. The van der Waals surface area contributed by atoms with Gasteiger partial charge in [0.05, 0.1) is 13.2 Å². The lowest BCUT2D eigenvalue weighted by Crippen LogP contribution is -2.43. The number of aryl methyl sites for hydroxylation is 1. The van der Waals surface area contributed by atoms with Crippen LogP contribution in [0.15, 0.2) is 0 Å². The molecule has 3 heterocycles. The van der Waals surface area contributed by atoms with Crippen LogP contribution >= 0.6 is 0 Å². The Morgan fingerprint density at radius 3 is 2.70 bits per heavy atom. The summed E-state index contributed by atoms with van der Waals surface area (Å²) in [5.74, 6) is 1.13. The maximum Gasteiger partial charge on any atom is 0.223 e. The molecule has 0 radical (unpaired) electrons. The van der Waals surface area contributed by atoms with Gasteiger partial charge in [-0.15, -0.1) is 10.2 Å². The number of hydrogen-bond acceptors (Lipinski definition) is 8. The van der Waals surface area contributed by atoms with Gasteiger partial charge in [-0.25, -0.2) is 9.36 Å². The van der Waals surface area contributed by atoms with Gasteiger partial charge in [0.25, 0.3) is 0 Å². The summed E-state index contributed by atoms with van der Waals surface area (Å²) in [5.41, 5.74) is 0. The molecule has 0 bridgehead atoms. The van der Waals surface area contributed by atoms with Crippen LogP contribution < -0.4 is 0 Å². The largest absolute Gasteiger partial charge is 0.376 e. The molecule has 2 aromatic heterocycles. The van der Waals surface area contributed by atoms with Gasteiger partial charge in [0, 0.05) is 13.1 Å². The SMILES string of the molecule is CCN1CCOCC1n1nnnc1-c1nnnn1CC. The summed E-state index contributed by atoms with van der Waals surface area (Å²) in [5, 5.41) is 23.5. The first-order valence-electron chi connectivity index (χ1n) is 6.71. The Balaban J connectivity index is 1.97. The van der Waals surface area contributed by atoms with Crippen LogP contribution in [0.3, 0.4) is 0 Å². The predicted molar refractivity (Wildman–Crippen MR) is 67.4 cm³/mol. The second-order valence-electron chi connectivity index (χ2n) is 4.45. The first-order chi connectivity index (χ1) is 9.85. The van der Waals surface area contributed by atoms with E-state index in [1.54, 1.807) is 9.36 Å².